The Morgan fingerprint density at radius 1 is 1.15 bits per heavy atom. The third kappa shape index (κ3) is 2.19. The Balaban J connectivity index is 1.53. The van der Waals surface area contributed by atoms with Gasteiger partial charge in [-0.1, -0.05) is 6.07 Å². The lowest BCUT2D eigenvalue weighted by atomic mass is 9.48. The third-order valence-electron chi connectivity index (χ3n) is 6.11. The quantitative estimate of drug-likeness (QED) is 0.731. The van der Waals surface area contributed by atoms with E-state index in [1.165, 1.54) is 49.8 Å². The Labute approximate surface area is 127 Å². The molecule has 0 amide bonds. The van der Waals surface area contributed by atoms with E-state index in [-0.39, 0.29) is 5.38 Å². The minimum Gasteiger partial charge on any atom is -0.261 e. The summed E-state index contributed by atoms with van der Waals surface area (Å²) in [6.45, 7) is 2.09. The van der Waals surface area contributed by atoms with E-state index in [1.54, 1.807) is 0 Å². The predicted octanol–water partition coefficient (Wildman–Crippen LogP) is 4.76. The zero-order chi connectivity index (χ0) is 13.7. The van der Waals surface area contributed by atoms with E-state index in [2.05, 4.69) is 24.0 Å². The molecule has 0 radical (unpaired) electrons. The van der Waals surface area contributed by atoms with Gasteiger partial charge in [-0.15, -0.1) is 11.6 Å². The summed E-state index contributed by atoms with van der Waals surface area (Å²) in [6, 6.07) is 4.32. The van der Waals surface area contributed by atoms with Crippen LogP contribution in [0.3, 0.4) is 0 Å². The van der Waals surface area contributed by atoms with Gasteiger partial charge in [-0.2, -0.15) is 0 Å². The van der Waals surface area contributed by atoms with Gasteiger partial charge in [-0.25, -0.2) is 0 Å². The van der Waals surface area contributed by atoms with Gasteiger partial charge in [0.15, 0.2) is 0 Å². The van der Waals surface area contributed by atoms with Crippen LogP contribution in [0.5, 0.6) is 0 Å². The molecule has 4 bridgehead atoms. The van der Waals surface area contributed by atoms with E-state index < -0.39 is 0 Å². The van der Waals surface area contributed by atoms with E-state index >= 15 is 0 Å². The van der Waals surface area contributed by atoms with E-state index in [0.717, 1.165) is 24.2 Å². The maximum Gasteiger partial charge on any atom is 0.0448 e. The number of pyridine rings is 1. The molecule has 108 valence electrons. The fourth-order valence-corrected chi connectivity index (χ4v) is 6.01. The second-order valence-corrected chi connectivity index (χ2v) is 8.31. The Hall–Kier alpha value is -0.560. The first-order chi connectivity index (χ1) is 9.63. The maximum absolute atomic E-state index is 6.94. The van der Waals surface area contributed by atoms with Gasteiger partial charge < -0.3 is 0 Å². The van der Waals surface area contributed by atoms with Crippen molar-refractivity contribution in [3.63, 3.8) is 0 Å². The van der Waals surface area contributed by atoms with Crippen LogP contribution in [0.2, 0.25) is 0 Å². The predicted molar refractivity (Wildman–Crippen MR) is 82.9 cm³/mol. The molecule has 5 rings (SSSR count). The third-order valence-corrected chi connectivity index (χ3v) is 6.73. The summed E-state index contributed by atoms with van der Waals surface area (Å²) in [5, 5.41) is 0.283. The lowest BCUT2D eigenvalue weighted by molar-refractivity contribution is -0.0546. The van der Waals surface area contributed by atoms with E-state index in [1.807, 2.05) is 6.20 Å². The molecule has 0 aliphatic heterocycles. The summed E-state index contributed by atoms with van der Waals surface area (Å²) in [4.78, 5) is 4.56. The first-order valence-electron chi connectivity index (χ1n) is 8.18. The zero-order valence-corrected chi connectivity index (χ0v) is 13.1. The molecule has 4 aliphatic rings. The molecule has 2 heteroatoms. The number of halogens is 1. The molecule has 1 unspecified atom stereocenters. The standard InChI is InChI=1S/C18H24ClN/c1-12-2-3-16(20-11-12)7-17(19)18-8-13-4-14(9-18)6-15(5-13)10-18/h2-3,11,13-15,17H,4-10H2,1H3. The van der Waals surface area contributed by atoms with Crippen molar-refractivity contribution in [2.24, 2.45) is 23.2 Å². The van der Waals surface area contributed by atoms with E-state index in [0.29, 0.717) is 5.41 Å². The van der Waals surface area contributed by atoms with Gasteiger partial charge in [-0.05, 0) is 80.2 Å². The van der Waals surface area contributed by atoms with Crippen LogP contribution >= 0.6 is 11.6 Å². The molecule has 1 nitrogen and oxygen atoms in total. The molecule has 1 atom stereocenters. The van der Waals surface area contributed by atoms with Gasteiger partial charge in [0, 0.05) is 23.7 Å². The SMILES string of the molecule is Cc1ccc(CC(Cl)C23CC4CC(CC(C4)C2)C3)nc1. The van der Waals surface area contributed by atoms with Crippen molar-refractivity contribution >= 4 is 11.6 Å². The van der Waals surface area contributed by atoms with Gasteiger partial charge in [0.2, 0.25) is 0 Å². The Bertz CT molecular complexity index is 457. The lowest BCUT2D eigenvalue weighted by Gasteiger charge is -2.58. The number of aromatic nitrogens is 1. The van der Waals surface area contributed by atoms with Crippen LogP contribution in [-0.2, 0) is 6.42 Å². The van der Waals surface area contributed by atoms with Crippen molar-refractivity contribution in [3.8, 4) is 0 Å². The van der Waals surface area contributed by atoms with Crippen molar-refractivity contribution in [1.82, 2.24) is 4.98 Å². The summed E-state index contributed by atoms with van der Waals surface area (Å²) in [6.07, 6.45) is 11.6. The van der Waals surface area contributed by atoms with Crippen LogP contribution in [0.1, 0.15) is 49.8 Å². The molecular weight excluding hydrogens is 266 g/mol. The molecule has 20 heavy (non-hydrogen) atoms. The summed E-state index contributed by atoms with van der Waals surface area (Å²) < 4.78 is 0. The fraction of sp³-hybridized carbons (Fsp3) is 0.722. The van der Waals surface area contributed by atoms with Crippen LogP contribution in [0.15, 0.2) is 18.3 Å². The first kappa shape index (κ1) is 13.1. The number of hydrogen-bond donors (Lipinski definition) is 0. The van der Waals surface area contributed by atoms with Crippen LogP contribution in [0, 0.1) is 30.1 Å². The molecule has 0 aromatic carbocycles. The molecular formula is C18H24ClN. The summed E-state index contributed by atoms with van der Waals surface area (Å²) in [7, 11) is 0. The highest BCUT2D eigenvalue weighted by Crippen LogP contribution is 2.62. The number of hydrogen-bond acceptors (Lipinski definition) is 1. The molecule has 0 saturated heterocycles. The number of nitrogens with zero attached hydrogens (tertiary/aromatic N) is 1. The number of rotatable bonds is 3. The lowest BCUT2D eigenvalue weighted by Crippen LogP contribution is -2.50. The molecule has 4 aliphatic carbocycles. The highest BCUT2D eigenvalue weighted by atomic mass is 35.5. The topological polar surface area (TPSA) is 12.9 Å². The van der Waals surface area contributed by atoms with Gasteiger partial charge in [0.1, 0.15) is 0 Å². The smallest absolute Gasteiger partial charge is 0.0448 e. The first-order valence-corrected chi connectivity index (χ1v) is 8.62. The van der Waals surface area contributed by atoms with Gasteiger partial charge in [0.25, 0.3) is 0 Å². The summed E-state index contributed by atoms with van der Waals surface area (Å²) in [5.41, 5.74) is 2.84. The van der Waals surface area contributed by atoms with Crippen molar-refractivity contribution in [1.29, 1.82) is 0 Å². The second kappa shape index (κ2) is 4.73. The Kier molecular flexibility index (Phi) is 3.10. The fourth-order valence-electron chi connectivity index (χ4n) is 5.58. The van der Waals surface area contributed by atoms with Crippen LogP contribution in [0.4, 0.5) is 0 Å². The van der Waals surface area contributed by atoms with Crippen molar-refractivity contribution < 1.29 is 0 Å². The van der Waals surface area contributed by atoms with Crippen LogP contribution < -0.4 is 0 Å². The maximum atomic E-state index is 6.94. The highest BCUT2D eigenvalue weighted by molar-refractivity contribution is 6.21. The number of aryl methyl sites for hydroxylation is 1. The van der Waals surface area contributed by atoms with Gasteiger partial charge in [-0.3, -0.25) is 4.98 Å². The second-order valence-electron chi connectivity index (χ2n) is 7.78. The minimum absolute atomic E-state index is 0.283. The molecule has 4 fully saturated rings. The summed E-state index contributed by atoms with van der Waals surface area (Å²) >= 11 is 6.94. The Morgan fingerprint density at radius 2 is 1.75 bits per heavy atom. The summed E-state index contributed by atoms with van der Waals surface area (Å²) in [5.74, 6) is 2.94. The van der Waals surface area contributed by atoms with Crippen molar-refractivity contribution in [3.05, 3.63) is 29.6 Å². The highest BCUT2D eigenvalue weighted by Gasteiger charge is 2.53. The average molecular weight is 290 g/mol. The number of alkyl halides is 1. The molecule has 0 N–H and O–H groups in total. The van der Waals surface area contributed by atoms with Crippen LogP contribution in [0.25, 0.3) is 0 Å². The van der Waals surface area contributed by atoms with Crippen molar-refractivity contribution in [2.75, 3.05) is 0 Å². The molecule has 1 heterocycles. The normalized spacial score (nSPS) is 40.0. The molecule has 1 aromatic heterocycles. The van der Waals surface area contributed by atoms with Crippen LogP contribution in [-0.4, -0.2) is 10.4 Å². The molecule has 1 aromatic rings. The Morgan fingerprint density at radius 3 is 2.25 bits per heavy atom. The van der Waals surface area contributed by atoms with E-state index in [9.17, 15) is 0 Å². The average Bonchev–Trinajstić information content (AvgIpc) is 2.40. The zero-order valence-electron chi connectivity index (χ0n) is 12.3. The minimum atomic E-state index is 0.283. The largest absolute Gasteiger partial charge is 0.261 e. The molecule has 4 saturated carbocycles. The molecule has 0 spiro atoms. The monoisotopic (exact) mass is 289 g/mol. The van der Waals surface area contributed by atoms with Gasteiger partial charge >= 0.3 is 0 Å². The van der Waals surface area contributed by atoms with Gasteiger partial charge in [0.05, 0.1) is 0 Å². The van der Waals surface area contributed by atoms with E-state index in [4.69, 9.17) is 11.6 Å². The van der Waals surface area contributed by atoms with Crippen molar-refractivity contribution in [2.45, 2.75) is 57.2 Å².